The molecule has 0 bridgehead atoms. The van der Waals surface area contributed by atoms with E-state index < -0.39 is 6.10 Å². The number of rotatable bonds is 8. The molecule has 2 unspecified atom stereocenters. The molecule has 0 amide bonds. The van der Waals surface area contributed by atoms with E-state index in [-0.39, 0.29) is 17.7 Å². The van der Waals surface area contributed by atoms with E-state index in [0.29, 0.717) is 0 Å². The zero-order chi connectivity index (χ0) is 17.6. The normalized spacial score (nSPS) is 20.5. The molecule has 1 aliphatic heterocycles. The van der Waals surface area contributed by atoms with E-state index >= 15 is 0 Å². The van der Waals surface area contributed by atoms with E-state index in [1.165, 1.54) is 0 Å². The molecular formula is C19H31NO4. The molecule has 5 nitrogen and oxygen atoms in total. The van der Waals surface area contributed by atoms with Crippen molar-refractivity contribution in [2.75, 3.05) is 26.9 Å². The summed E-state index contributed by atoms with van der Waals surface area (Å²) < 4.78 is 16.6. The molecule has 0 radical (unpaired) electrons. The van der Waals surface area contributed by atoms with Crippen molar-refractivity contribution in [2.45, 2.75) is 52.0 Å². The van der Waals surface area contributed by atoms with Gasteiger partial charge in [0.25, 0.3) is 0 Å². The van der Waals surface area contributed by atoms with E-state index in [2.05, 4.69) is 19.2 Å². The van der Waals surface area contributed by atoms with Gasteiger partial charge < -0.3 is 24.6 Å². The van der Waals surface area contributed by atoms with Gasteiger partial charge in [0, 0.05) is 11.5 Å². The number of hydrogen-bond donors (Lipinski definition) is 2. The lowest BCUT2D eigenvalue weighted by Crippen LogP contribution is -2.38. The summed E-state index contributed by atoms with van der Waals surface area (Å²) in [5.41, 5.74) is 1.00. The largest absolute Gasteiger partial charge is 0.497 e. The van der Waals surface area contributed by atoms with Gasteiger partial charge in [0.1, 0.15) is 5.75 Å². The monoisotopic (exact) mass is 337 g/mol. The standard InChI is InChI=1S/C19H31NO4/c1-14(18(21)15-7-9-16(22-4)10-8-15)20-11-5-6-17-23-12-19(2,3)13-24-17/h7-10,14,17-18,20-21H,5-6,11-13H2,1-4H3. The number of hydrogen-bond acceptors (Lipinski definition) is 5. The first kappa shape index (κ1) is 19.2. The maximum absolute atomic E-state index is 10.4. The summed E-state index contributed by atoms with van der Waals surface area (Å²) in [6.45, 7) is 8.60. The number of ether oxygens (including phenoxy) is 3. The predicted octanol–water partition coefficient (Wildman–Crippen LogP) is 2.89. The molecule has 1 fully saturated rings. The lowest BCUT2D eigenvalue weighted by molar-refractivity contribution is -0.223. The van der Waals surface area contributed by atoms with Crippen molar-refractivity contribution >= 4 is 0 Å². The van der Waals surface area contributed by atoms with Gasteiger partial charge in [0.15, 0.2) is 6.29 Å². The quantitative estimate of drug-likeness (QED) is 0.714. The van der Waals surface area contributed by atoms with Gasteiger partial charge in [-0.05, 0) is 44.0 Å². The van der Waals surface area contributed by atoms with Crippen LogP contribution < -0.4 is 10.1 Å². The van der Waals surface area contributed by atoms with E-state index in [1.807, 2.05) is 31.2 Å². The zero-order valence-electron chi connectivity index (χ0n) is 15.2. The Morgan fingerprint density at radius 1 is 1.25 bits per heavy atom. The van der Waals surface area contributed by atoms with Crippen molar-refractivity contribution < 1.29 is 19.3 Å². The molecule has 136 valence electrons. The molecule has 2 atom stereocenters. The summed E-state index contributed by atoms with van der Waals surface area (Å²) in [5, 5.41) is 13.8. The predicted molar refractivity (Wildman–Crippen MR) is 94.1 cm³/mol. The summed E-state index contributed by atoms with van der Waals surface area (Å²) in [7, 11) is 1.64. The van der Waals surface area contributed by atoms with Gasteiger partial charge in [-0.25, -0.2) is 0 Å². The average Bonchev–Trinajstić information content (AvgIpc) is 2.59. The second-order valence-electron chi connectivity index (χ2n) is 7.32. The Balaban J connectivity index is 1.66. The van der Waals surface area contributed by atoms with Gasteiger partial charge in [0.05, 0.1) is 26.4 Å². The second kappa shape index (κ2) is 8.81. The maximum Gasteiger partial charge on any atom is 0.157 e. The molecule has 1 aromatic carbocycles. The Hall–Kier alpha value is -1.14. The first-order valence-electron chi connectivity index (χ1n) is 8.70. The van der Waals surface area contributed by atoms with E-state index in [4.69, 9.17) is 14.2 Å². The topological polar surface area (TPSA) is 60.0 Å². The van der Waals surface area contributed by atoms with E-state index in [1.54, 1.807) is 7.11 Å². The number of aliphatic hydroxyl groups is 1. The fourth-order valence-electron chi connectivity index (χ4n) is 2.69. The Morgan fingerprint density at radius 3 is 2.46 bits per heavy atom. The van der Waals surface area contributed by atoms with Gasteiger partial charge in [-0.15, -0.1) is 0 Å². The average molecular weight is 337 g/mol. The van der Waals surface area contributed by atoms with Gasteiger partial charge >= 0.3 is 0 Å². The summed E-state index contributed by atoms with van der Waals surface area (Å²) in [6.07, 6.45) is 1.18. The number of nitrogens with one attached hydrogen (secondary N) is 1. The van der Waals surface area contributed by atoms with Crippen LogP contribution in [0.25, 0.3) is 0 Å². The van der Waals surface area contributed by atoms with Crippen LogP contribution >= 0.6 is 0 Å². The second-order valence-corrected chi connectivity index (χ2v) is 7.32. The fourth-order valence-corrected chi connectivity index (χ4v) is 2.69. The molecule has 1 heterocycles. The van der Waals surface area contributed by atoms with Crippen molar-refractivity contribution in [2.24, 2.45) is 5.41 Å². The third-order valence-electron chi connectivity index (χ3n) is 4.33. The molecule has 0 aliphatic carbocycles. The summed E-state index contributed by atoms with van der Waals surface area (Å²) in [4.78, 5) is 0. The summed E-state index contributed by atoms with van der Waals surface area (Å²) in [6, 6.07) is 7.50. The highest BCUT2D eigenvalue weighted by Gasteiger charge is 2.27. The fraction of sp³-hybridized carbons (Fsp3) is 0.684. The van der Waals surface area contributed by atoms with Crippen molar-refractivity contribution in [1.82, 2.24) is 5.32 Å². The molecule has 0 saturated carbocycles. The molecule has 0 aromatic heterocycles. The lowest BCUT2D eigenvalue weighted by Gasteiger charge is -2.34. The van der Waals surface area contributed by atoms with Crippen LogP contribution in [0.15, 0.2) is 24.3 Å². The van der Waals surface area contributed by atoms with Gasteiger partial charge in [0.2, 0.25) is 0 Å². The molecule has 2 N–H and O–H groups in total. The van der Waals surface area contributed by atoms with Crippen molar-refractivity contribution in [3.05, 3.63) is 29.8 Å². The molecule has 1 aliphatic rings. The van der Waals surface area contributed by atoms with Crippen molar-refractivity contribution in [3.63, 3.8) is 0 Å². The highest BCUT2D eigenvalue weighted by atomic mass is 16.7. The smallest absolute Gasteiger partial charge is 0.157 e. The van der Waals surface area contributed by atoms with Crippen LogP contribution in [0, 0.1) is 5.41 Å². The van der Waals surface area contributed by atoms with Crippen LogP contribution in [0.1, 0.15) is 45.3 Å². The van der Waals surface area contributed by atoms with Crippen molar-refractivity contribution in [1.29, 1.82) is 0 Å². The Bertz CT molecular complexity index is 479. The van der Waals surface area contributed by atoms with E-state index in [9.17, 15) is 5.11 Å². The molecular weight excluding hydrogens is 306 g/mol. The SMILES string of the molecule is COc1ccc(C(O)C(C)NCCCC2OCC(C)(C)CO2)cc1. The van der Waals surface area contributed by atoms with Crippen LogP contribution in [0.2, 0.25) is 0 Å². The van der Waals surface area contributed by atoms with Crippen LogP contribution in [-0.2, 0) is 9.47 Å². The summed E-state index contributed by atoms with van der Waals surface area (Å²) >= 11 is 0. The maximum atomic E-state index is 10.4. The van der Waals surface area contributed by atoms with Gasteiger partial charge in [-0.1, -0.05) is 26.0 Å². The third-order valence-corrected chi connectivity index (χ3v) is 4.33. The first-order valence-corrected chi connectivity index (χ1v) is 8.70. The van der Waals surface area contributed by atoms with Crippen LogP contribution in [0.5, 0.6) is 5.75 Å². The number of aliphatic hydroxyl groups excluding tert-OH is 1. The number of benzene rings is 1. The van der Waals surface area contributed by atoms with Crippen molar-refractivity contribution in [3.8, 4) is 5.75 Å². The minimum atomic E-state index is -0.543. The Kier molecular flexibility index (Phi) is 7.04. The zero-order valence-corrected chi connectivity index (χ0v) is 15.2. The van der Waals surface area contributed by atoms with Gasteiger partial charge in [-0.3, -0.25) is 0 Å². The molecule has 1 saturated heterocycles. The van der Waals surface area contributed by atoms with E-state index in [0.717, 1.165) is 43.9 Å². The molecule has 2 rings (SSSR count). The minimum absolute atomic E-state index is 0.0227. The van der Waals surface area contributed by atoms with Crippen LogP contribution in [0.3, 0.4) is 0 Å². The molecule has 0 spiro atoms. The molecule has 24 heavy (non-hydrogen) atoms. The number of methoxy groups -OCH3 is 1. The highest BCUT2D eigenvalue weighted by molar-refractivity contribution is 5.28. The highest BCUT2D eigenvalue weighted by Crippen LogP contribution is 2.24. The lowest BCUT2D eigenvalue weighted by atomic mass is 9.95. The molecule has 5 heteroatoms. The van der Waals surface area contributed by atoms with Gasteiger partial charge in [-0.2, -0.15) is 0 Å². The van der Waals surface area contributed by atoms with Crippen LogP contribution in [0.4, 0.5) is 0 Å². The third kappa shape index (κ3) is 5.74. The Morgan fingerprint density at radius 2 is 1.88 bits per heavy atom. The Labute approximate surface area is 145 Å². The molecule has 1 aromatic rings. The summed E-state index contributed by atoms with van der Waals surface area (Å²) in [5.74, 6) is 0.794. The van der Waals surface area contributed by atoms with Crippen LogP contribution in [-0.4, -0.2) is 44.3 Å². The minimum Gasteiger partial charge on any atom is -0.497 e. The first-order chi connectivity index (χ1) is 11.4.